The van der Waals surface area contributed by atoms with Crippen molar-refractivity contribution < 1.29 is 9.90 Å². The molecule has 3 atom stereocenters. The number of carbonyl (C=O) groups is 1. The highest BCUT2D eigenvalue weighted by molar-refractivity contribution is 7.07. The van der Waals surface area contributed by atoms with Crippen molar-refractivity contribution >= 4 is 17.2 Å². The van der Waals surface area contributed by atoms with Crippen molar-refractivity contribution in [3.63, 3.8) is 0 Å². The maximum Gasteiger partial charge on any atom is 0.237 e. The first-order chi connectivity index (χ1) is 8.68. The Bertz CT molecular complexity index is 380. The molecule has 100 valence electrons. The lowest BCUT2D eigenvalue weighted by Gasteiger charge is -2.29. The highest BCUT2D eigenvalue weighted by atomic mass is 32.1. The molecule has 1 aliphatic heterocycles. The standard InChI is InChI=1S/C13H20N2O2S/c1-9-3-2-5-14-12(9)13(17)15-7-11(16)10-4-6-18-8-10/h4,6,8-9,11-12,14,16H,2-3,5,7H2,1H3,(H,15,17). The molecule has 1 aliphatic rings. The Hall–Kier alpha value is -0.910. The average molecular weight is 268 g/mol. The van der Waals surface area contributed by atoms with Crippen LogP contribution >= 0.6 is 11.3 Å². The Labute approximate surface area is 111 Å². The number of aliphatic hydroxyl groups is 1. The van der Waals surface area contributed by atoms with Crippen LogP contribution in [0, 0.1) is 5.92 Å². The summed E-state index contributed by atoms with van der Waals surface area (Å²) < 4.78 is 0. The molecule has 2 rings (SSSR count). The monoisotopic (exact) mass is 268 g/mol. The van der Waals surface area contributed by atoms with Crippen LogP contribution in [0.25, 0.3) is 0 Å². The van der Waals surface area contributed by atoms with Crippen LogP contribution in [0.1, 0.15) is 31.4 Å². The molecule has 3 unspecified atom stereocenters. The number of aliphatic hydroxyl groups excluding tert-OH is 1. The Balaban J connectivity index is 1.80. The van der Waals surface area contributed by atoms with Crippen molar-refractivity contribution in [2.45, 2.75) is 31.9 Å². The summed E-state index contributed by atoms with van der Waals surface area (Å²) in [4.78, 5) is 12.0. The van der Waals surface area contributed by atoms with Gasteiger partial charge in [0.1, 0.15) is 0 Å². The highest BCUT2D eigenvalue weighted by Gasteiger charge is 2.27. The van der Waals surface area contributed by atoms with Gasteiger partial charge in [-0.2, -0.15) is 11.3 Å². The molecular formula is C13H20N2O2S. The van der Waals surface area contributed by atoms with Crippen molar-refractivity contribution in [2.24, 2.45) is 5.92 Å². The largest absolute Gasteiger partial charge is 0.387 e. The van der Waals surface area contributed by atoms with Crippen LogP contribution in [0.3, 0.4) is 0 Å². The second kappa shape index (κ2) is 6.31. The fraction of sp³-hybridized carbons (Fsp3) is 0.615. The fourth-order valence-electron chi connectivity index (χ4n) is 2.29. The molecule has 0 spiro atoms. The molecule has 1 aromatic heterocycles. The summed E-state index contributed by atoms with van der Waals surface area (Å²) in [6, 6.07) is 1.76. The van der Waals surface area contributed by atoms with Gasteiger partial charge in [0.25, 0.3) is 0 Å². The quantitative estimate of drug-likeness (QED) is 0.771. The molecule has 18 heavy (non-hydrogen) atoms. The molecule has 1 saturated heterocycles. The molecule has 0 aliphatic carbocycles. The summed E-state index contributed by atoms with van der Waals surface area (Å²) in [5, 5.41) is 19.8. The van der Waals surface area contributed by atoms with E-state index in [1.54, 1.807) is 11.3 Å². The predicted molar refractivity (Wildman–Crippen MR) is 72.5 cm³/mol. The van der Waals surface area contributed by atoms with Gasteiger partial charge in [-0.05, 0) is 47.7 Å². The number of hydrogen-bond acceptors (Lipinski definition) is 4. The Kier molecular flexibility index (Phi) is 4.74. The molecule has 0 bridgehead atoms. The summed E-state index contributed by atoms with van der Waals surface area (Å²) in [6.07, 6.45) is 1.60. The third kappa shape index (κ3) is 3.31. The van der Waals surface area contributed by atoms with Crippen molar-refractivity contribution in [3.8, 4) is 0 Å². The Morgan fingerprint density at radius 2 is 2.56 bits per heavy atom. The summed E-state index contributed by atoms with van der Waals surface area (Å²) in [6.45, 7) is 3.27. The third-order valence-corrected chi connectivity index (χ3v) is 4.15. The van der Waals surface area contributed by atoms with Gasteiger partial charge in [-0.3, -0.25) is 4.79 Å². The zero-order chi connectivity index (χ0) is 13.0. The van der Waals surface area contributed by atoms with E-state index in [1.165, 1.54) is 0 Å². The second-order valence-corrected chi connectivity index (χ2v) is 5.65. The molecule has 5 heteroatoms. The molecule has 1 aromatic rings. The molecule has 3 N–H and O–H groups in total. The second-order valence-electron chi connectivity index (χ2n) is 4.87. The van der Waals surface area contributed by atoms with Gasteiger partial charge in [0.2, 0.25) is 5.91 Å². The molecule has 0 aromatic carbocycles. The van der Waals surface area contributed by atoms with E-state index in [-0.39, 0.29) is 18.5 Å². The highest BCUT2D eigenvalue weighted by Crippen LogP contribution is 2.17. The van der Waals surface area contributed by atoms with Crippen LogP contribution in [0.15, 0.2) is 16.8 Å². The molecule has 4 nitrogen and oxygen atoms in total. The maximum absolute atomic E-state index is 12.0. The molecule has 2 heterocycles. The van der Waals surface area contributed by atoms with E-state index in [0.717, 1.165) is 24.9 Å². The Morgan fingerprint density at radius 3 is 3.22 bits per heavy atom. The normalized spacial score (nSPS) is 25.7. The first kappa shape index (κ1) is 13.5. The molecule has 1 amide bonds. The SMILES string of the molecule is CC1CCCNC1C(=O)NCC(O)c1ccsc1. The summed E-state index contributed by atoms with van der Waals surface area (Å²) >= 11 is 1.55. The summed E-state index contributed by atoms with van der Waals surface area (Å²) in [5.41, 5.74) is 0.866. The lowest BCUT2D eigenvalue weighted by Crippen LogP contribution is -2.51. The topological polar surface area (TPSA) is 61.4 Å². The van der Waals surface area contributed by atoms with Crippen LogP contribution in [-0.2, 0) is 4.79 Å². The number of hydrogen-bond donors (Lipinski definition) is 3. The zero-order valence-electron chi connectivity index (χ0n) is 10.6. The van der Waals surface area contributed by atoms with Crippen LogP contribution in [0.2, 0.25) is 0 Å². The maximum atomic E-state index is 12.0. The van der Waals surface area contributed by atoms with Gasteiger partial charge in [-0.15, -0.1) is 0 Å². The van der Waals surface area contributed by atoms with Crippen molar-refractivity contribution in [3.05, 3.63) is 22.4 Å². The van der Waals surface area contributed by atoms with Gasteiger partial charge >= 0.3 is 0 Å². The molecule has 0 saturated carbocycles. The minimum absolute atomic E-state index is 0.00326. The van der Waals surface area contributed by atoms with E-state index in [4.69, 9.17) is 0 Å². The van der Waals surface area contributed by atoms with E-state index in [9.17, 15) is 9.90 Å². The third-order valence-electron chi connectivity index (χ3n) is 3.45. The van der Waals surface area contributed by atoms with Gasteiger partial charge in [0.05, 0.1) is 12.1 Å². The number of amides is 1. The average Bonchev–Trinajstić information content (AvgIpc) is 2.90. The fourth-order valence-corrected chi connectivity index (χ4v) is 3.00. The van der Waals surface area contributed by atoms with E-state index in [1.807, 2.05) is 16.8 Å². The lowest BCUT2D eigenvalue weighted by molar-refractivity contribution is -0.125. The first-order valence-electron chi connectivity index (χ1n) is 6.39. The lowest BCUT2D eigenvalue weighted by atomic mass is 9.92. The molecular weight excluding hydrogens is 248 g/mol. The van der Waals surface area contributed by atoms with Gasteiger partial charge in [-0.25, -0.2) is 0 Å². The van der Waals surface area contributed by atoms with Gasteiger partial charge in [0, 0.05) is 6.54 Å². The van der Waals surface area contributed by atoms with Gasteiger partial charge in [0.15, 0.2) is 0 Å². The Morgan fingerprint density at radius 1 is 1.72 bits per heavy atom. The van der Waals surface area contributed by atoms with E-state index >= 15 is 0 Å². The van der Waals surface area contributed by atoms with Gasteiger partial charge < -0.3 is 15.7 Å². The zero-order valence-corrected chi connectivity index (χ0v) is 11.4. The van der Waals surface area contributed by atoms with Crippen LogP contribution in [-0.4, -0.2) is 30.1 Å². The van der Waals surface area contributed by atoms with Crippen molar-refractivity contribution in [1.82, 2.24) is 10.6 Å². The molecule has 1 fully saturated rings. The minimum atomic E-state index is -0.612. The number of carbonyl (C=O) groups excluding carboxylic acids is 1. The number of thiophene rings is 1. The van der Waals surface area contributed by atoms with E-state index in [0.29, 0.717) is 5.92 Å². The number of nitrogens with one attached hydrogen (secondary N) is 2. The minimum Gasteiger partial charge on any atom is -0.387 e. The summed E-state index contributed by atoms with van der Waals surface area (Å²) in [7, 11) is 0. The summed E-state index contributed by atoms with van der Waals surface area (Å²) in [5.74, 6) is 0.355. The first-order valence-corrected chi connectivity index (χ1v) is 7.34. The van der Waals surface area contributed by atoms with Crippen molar-refractivity contribution in [2.75, 3.05) is 13.1 Å². The van der Waals surface area contributed by atoms with Crippen molar-refractivity contribution in [1.29, 1.82) is 0 Å². The van der Waals surface area contributed by atoms with Crippen LogP contribution in [0.5, 0.6) is 0 Å². The smallest absolute Gasteiger partial charge is 0.237 e. The van der Waals surface area contributed by atoms with Crippen LogP contribution < -0.4 is 10.6 Å². The van der Waals surface area contributed by atoms with Crippen LogP contribution in [0.4, 0.5) is 0 Å². The van der Waals surface area contributed by atoms with E-state index in [2.05, 4.69) is 17.6 Å². The number of piperidine rings is 1. The predicted octanol–water partition coefficient (Wildman–Crippen LogP) is 1.29. The van der Waals surface area contributed by atoms with E-state index < -0.39 is 6.10 Å². The van der Waals surface area contributed by atoms with Gasteiger partial charge in [-0.1, -0.05) is 6.92 Å². The molecule has 0 radical (unpaired) electrons. The number of rotatable bonds is 4.